The smallest absolute Gasteiger partial charge is 0.494 e. The van der Waals surface area contributed by atoms with Crippen LogP contribution in [0.15, 0.2) is 72.8 Å². The molecule has 3 aromatic rings. The highest BCUT2D eigenvalue weighted by molar-refractivity contribution is 6.63. The van der Waals surface area contributed by atoms with Gasteiger partial charge in [0.05, 0.1) is 40.7 Å². The average Bonchev–Trinajstić information content (AvgIpc) is 3.56. The maximum absolute atomic E-state index is 6.78. The lowest BCUT2D eigenvalue weighted by molar-refractivity contribution is -0.0576. The molecule has 3 atom stereocenters. The molecule has 7 nitrogen and oxygen atoms in total. The molecule has 0 aromatic heterocycles. The van der Waals surface area contributed by atoms with Gasteiger partial charge in [0.2, 0.25) is 0 Å². The second-order valence-corrected chi connectivity index (χ2v) is 16.4. The third-order valence-electron chi connectivity index (χ3n) is 12.1. The van der Waals surface area contributed by atoms with E-state index in [1.165, 1.54) is 11.1 Å². The largest absolute Gasteiger partial charge is 0.497 e. The third-order valence-corrected chi connectivity index (χ3v) is 12.1. The molecule has 0 aliphatic carbocycles. The van der Waals surface area contributed by atoms with Crippen LogP contribution in [-0.4, -0.2) is 62.1 Å². The Kier molecular flexibility index (Phi) is 9.52. The predicted octanol–water partition coefficient (Wildman–Crippen LogP) is 5.95. The van der Waals surface area contributed by atoms with E-state index in [0.29, 0.717) is 0 Å². The van der Waals surface area contributed by atoms with Crippen LogP contribution in [0.3, 0.4) is 0 Å². The zero-order valence-corrected chi connectivity index (χ0v) is 31.3. The summed E-state index contributed by atoms with van der Waals surface area (Å²) in [6, 6.07) is 24.9. The van der Waals surface area contributed by atoms with E-state index in [1.54, 1.807) is 7.11 Å². The third kappa shape index (κ3) is 6.90. The molecule has 0 bridgehead atoms. The van der Waals surface area contributed by atoms with Gasteiger partial charge < -0.3 is 32.7 Å². The zero-order valence-electron chi connectivity index (χ0n) is 31.3. The highest BCUT2D eigenvalue weighted by Crippen LogP contribution is 2.46. The Balaban J connectivity index is 1.07. The SMILES string of the molecule is COc1ccc(B2OC(C)(C)C(C)(CCc3ccc(B4OC(C)(C)C(C)(CCC5(C)OB(c6cccc(C)c6)OC5(C)C)O4)cc3)O2)cc1. The Morgan fingerprint density at radius 1 is 0.510 bits per heavy atom. The Hall–Kier alpha value is -2.59. The van der Waals surface area contributed by atoms with E-state index in [-0.39, 0.29) is 0 Å². The molecule has 6 rings (SSSR count). The van der Waals surface area contributed by atoms with E-state index in [1.807, 2.05) is 24.3 Å². The normalized spacial score (nSPS) is 28.8. The summed E-state index contributed by atoms with van der Waals surface area (Å²) in [5.41, 5.74) is 2.54. The van der Waals surface area contributed by atoms with Crippen molar-refractivity contribution in [3.8, 4) is 5.75 Å². The Bertz CT molecular complexity index is 1630. The summed E-state index contributed by atoms with van der Waals surface area (Å²) >= 11 is 0. The van der Waals surface area contributed by atoms with Crippen LogP contribution in [0, 0.1) is 6.92 Å². The molecular weight excluding hydrogens is 613 g/mol. The molecule has 3 aromatic carbocycles. The van der Waals surface area contributed by atoms with Crippen molar-refractivity contribution in [2.45, 2.75) is 129 Å². The van der Waals surface area contributed by atoms with Gasteiger partial charge in [-0.05, 0) is 129 Å². The first-order valence-corrected chi connectivity index (χ1v) is 17.7. The molecule has 3 saturated heterocycles. The fourth-order valence-corrected chi connectivity index (χ4v) is 7.15. The summed E-state index contributed by atoms with van der Waals surface area (Å²) in [4.78, 5) is 0. The lowest BCUT2D eigenvalue weighted by atomic mass is 9.76. The molecule has 260 valence electrons. The van der Waals surface area contributed by atoms with Crippen molar-refractivity contribution in [3.63, 3.8) is 0 Å². The van der Waals surface area contributed by atoms with Gasteiger partial charge in [0.25, 0.3) is 0 Å². The van der Waals surface area contributed by atoms with Gasteiger partial charge >= 0.3 is 21.4 Å². The van der Waals surface area contributed by atoms with E-state index in [2.05, 4.69) is 118 Å². The minimum absolute atomic E-state index is 0.399. The lowest BCUT2D eigenvalue weighted by Gasteiger charge is -2.42. The van der Waals surface area contributed by atoms with Crippen molar-refractivity contribution in [1.82, 2.24) is 0 Å². The van der Waals surface area contributed by atoms with Gasteiger partial charge in [-0.25, -0.2) is 0 Å². The molecule has 0 N–H and O–H groups in total. The fourth-order valence-electron chi connectivity index (χ4n) is 7.15. The van der Waals surface area contributed by atoms with Gasteiger partial charge in [-0.3, -0.25) is 0 Å². The molecule has 3 heterocycles. The van der Waals surface area contributed by atoms with E-state index >= 15 is 0 Å². The van der Waals surface area contributed by atoms with Gasteiger partial charge in [-0.2, -0.15) is 0 Å². The topological polar surface area (TPSA) is 64.6 Å². The first kappa shape index (κ1) is 36.2. The summed E-state index contributed by atoms with van der Waals surface area (Å²) in [5.74, 6) is 0.813. The van der Waals surface area contributed by atoms with Gasteiger partial charge in [0, 0.05) is 0 Å². The lowest BCUT2D eigenvalue weighted by Crippen LogP contribution is -2.50. The quantitative estimate of drug-likeness (QED) is 0.248. The van der Waals surface area contributed by atoms with Crippen molar-refractivity contribution in [2.24, 2.45) is 0 Å². The van der Waals surface area contributed by atoms with Gasteiger partial charge in [0.1, 0.15) is 5.75 Å². The molecule has 3 unspecified atom stereocenters. The fraction of sp³-hybridized carbons (Fsp3) is 0.538. The van der Waals surface area contributed by atoms with Crippen molar-refractivity contribution in [3.05, 3.63) is 83.9 Å². The number of aryl methyl sites for hydroxylation is 2. The van der Waals surface area contributed by atoms with E-state index in [0.717, 1.165) is 47.8 Å². The summed E-state index contributed by atoms with van der Waals surface area (Å²) in [5, 5.41) is 0. The van der Waals surface area contributed by atoms with Crippen LogP contribution in [0.1, 0.15) is 92.7 Å². The second-order valence-electron chi connectivity index (χ2n) is 16.4. The maximum Gasteiger partial charge on any atom is 0.494 e. The summed E-state index contributed by atoms with van der Waals surface area (Å²) in [6.07, 6.45) is 3.19. The van der Waals surface area contributed by atoms with Crippen molar-refractivity contribution in [2.75, 3.05) is 7.11 Å². The maximum atomic E-state index is 6.78. The minimum atomic E-state index is -0.527. The molecule has 3 aliphatic rings. The van der Waals surface area contributed by atoms with Crippen LogP contribution >= 0.6 is 0 Å². The number of rotatable bonds is 10. The molecule has 0 spiro atoms. The predicted molar refractivity (Wildman–Crippen MR) is 198 cm³/mol. The Labute approximate surface area is 295 Å². The monoisotopic (exact) mass is 666 g/mol. The molecule has 0 amide bonds. The molecule has 49 heavy (non-hydrogen) atoms. The number of hydrogen-bond donors (Lipinski definition) is 0. The first-order chi connectivity index (χ1) is 22.9. The van der Waals surface area contributed by atoms with Crippen LogP contribution < -0.4 is 21.1 Å². The van der Waals surface area contributed by atoms with Gasteiger partial charge in [-0.15, -0.1) is 0 Å². The van der Waals surface area contributed by atoms with Crippen molar-refractivity contribution in [1.29, 1.82) is 0 Å². The molecule has 0 saturated carbocycles. The summed E-state index contributed by atoms with van der Waals surface area (Å²) in [6.45, 7) is 21.3. The van der Waals surface area contributed by atoms with Crippen LogP contribution in [0.25, 0.3) is 0 Å². The molecule has 0 radical (unpaired) electrons. The highest BCUT2D eigenvalue weighted by atomic mass is 16.7. The first-order valence-electron chi connectivity index (χ1n) is 17.7. The Morgan fingerprint density at radius 3 is 1.39 bits per heavy atom. The van der Waals surface area contributed by atoms with Crippen LogP contribution in [0.2, 0.25) is 0 Å². The molecular formula is C39H53B3O7. The van der Waals surface area contributed by atoms with Gasteiger partial charge in [-0.1, -0.05) is 66.2 Å². The number of benzene rings is 3. The number of hydrogen-bond acceptors (Lipinski definition) is 7. The van der Waals surface area contributed by atoms with E-state index in [9.17, 15) is 0 Å². The van der Waals surface area contributed by atoms with Crippen LogP contribution in [-0.2, 0) is 34.3 Å². The number of methoxy groups -OCH3 is 1. The minimum Gasteiger partial charge on any atom is -0.497 e. The zero-order chi connectivity index (χ0) is 35.5. The standard InChI is InChI=1S/C39H53B3O7/c1-28-13-12-14-32(27-28)42-46-36(6,7)39(10,49-42)26-25-38(9)35(4,5)45-40(48-38)30-17-15-29(16-18-30)23-24-37(8)34(2,3)44-41(47-37)31-19-21-33(43-11)22-20-31/h12-22,27H,23-26H2,1-11H3. The Morgan fingerprint density at radius 2 is 0.939 bits per heavy atom. The number of ether oxygens (including phenoxy) is 1. The van der Waals surface area contributed by atoms with Crippen LogP contribution in [0.5, 0.6) is 5.75 Å². The highest BCUT2D eigenvalue weighted by Gasteiger charge is 2.59. The molecule has 10 heteroatoms. The molecule has 3 fully saturated rings. The summed E-state index contributed by atoms with van der Waals surface area (Å²) < 4.78 is 44.9. The van der Waals surface area contributed by atoms with E-state index in [4.69, 9.17) is 32.7 Å². The van der Waals surface area contributed by atoms with Crippen LogP contribution in [0.4, 0.5) is 0 Å². The average molecular weight is 666 g/mol. The van der Waals surface area contributed by atoms with Crippen molar-refractivity contribution >= 4 is 37.7 Å². The summed E-state index contributed by atoms with van der Waals surface area (Å²) in [7, 11) is 0.397. The van der Waals surface area contributed by atoms with E-state index < -0.39 is 55.0 Å². The molecule has 3 aliphatic heterocycles. The van der Waals surface area contributed by atoms with Crippen molar-refractivity contribution < 1.29 is 32.7 Å². The second kappa shape index (κ2) is 12.9. The van der Waals surface area contributed by atoms with Gasteiger partial charge in [0.15, 0.2) is 0 Å².